The molecule has 11 rings (SSSR count). The molecule has 0 saturated heterocycles. The lowest BCUT2D eigenvalue weighted by Crippen LogP contribution is -2.61. The van der Waals surface area contributed by atoms with Gasteiger partial charge in [0, 0.05) is 52.0 Å². The molecule has 0 atom stereocenters. The largest absolute Gasteiger partial charge is 0.439 e. The van der Waals surface area contributed by atoms with Crippen molar-refractivity contribution in [3.63, 3.8) is 0 Å². The van der Waals surface area contributed by atoms with Crippen LogP contribution in [0, 0.1) is 20.8 Å². The minimum atomic E-state index is -0.121. The van der Waals surface area contributed by atoms with Crippen LogP contribution in [0.25, 0.3) is 28.1 Å². The highest BCUT2D eigenvalue weighted by molar-refractivity contribution is 7.00. The van der Waals surface area contributed by atoms with Crippen LogP contribution < -0.4 is 30.9 Å². The Morgan fingerprint density at radius 2 is 1.16 bits per heavy atom. The number of benzene rings is 7. The van der Waals surface area contributed by atoms with Gasteiger partial charge in [-0.3, -0.25) is 4.57 Å². The van der Waals surface area contributed by atoms with Crippen LogP contribution in [0.3, 0.4) is 0 Å². The third-order valence-electron chi connectivity index (χ3n) is 11.5. The number of hydrogen-bond acceptors (Lipinski definition) is 5. The van der Waals surface area contributed by atoms with Crippen molar-refractivity contribution in [1.82, 2.24) is 14.5 Å². The summed E-state index contributed by atoms with van der Waals surface area (Å²) >= 11 is 0. The summed E-state index contributed by atoms with van der Waals surface area (Å²) in [7, 11) is 0. The normalized spacial score (nSPS) is 12.6. The molecule has 7 aromatic carbocycles. The summed E-state index contributed by atoms with van der Waals surface area (Å²) in [4.78, 5) is 14.7. The van der Waals surface area contributed by atoms with Gasteiger partial charge in [0.1, 0.15) is 11.6 Å². The highest BCUT2D eigenvalue weighted by Crippen LogP contribution is 2.45. The molecule has 0 aliphatic carbocycles. The Balaban J connectivity index is 1.20. The van der Waals surface area contributed by atoms with Gasteiger partial charge in [0.05, 0.1) is 16.7 Å². The maximum atomic E-state index is 6.46. The third kappa shape index (κ3) is 5.35. The molecule has 58 heavy (non-hydrogen) atoms. The van der Waals surface area contributed by atoms with Gasteiger partial charge in [-0.1, -0.05) is 84.4 Å². The predicted molar refractivity (Wildman–Crippen MR) is 239 cm³/mol. The van der Waals surface area contributed by atoms with E-state index >= 15 is 0 Å². The summed E-state index contributed by atoms with van der Waals surface area (Å²) in [5.41, 5.74) is 18.3. The Morgan fingerprint density at radius 3 is 1.83 bits per heavy atom. The standard InChI is InChI=1S/C51H38BN5O/c1-33-29-34(2)50(35(3)30-33)57-45-20-11-10-19-42(45)54-51(57)36-24-26-43-40(31-36)52-41-32-39(58-48-23-12-13-28-53-48)25-27-44(41)56(38-17-8-5-9-18-38)47-22-14-21-46(49(47)52)55(43)37-15-6-4-7-16-37/h4-32H,1-3H3. The lowest BCUT2D eigenvalue weighted by atomic mass is 9.33. The minimum Gasteiger partial charge on any atom is -0.439 e. The number of imidazole rings is 1. The van der Waals surface area contributed by atoms with Crippen LogP contribution in [0.5, 0.6) is 11.6 Å². The first kappa shape index (κ1) is 33.9. The monoisotopic (exact) mass is 747 g/mol. The molecule has 0 N–H and O–H groups in total. The van der Waals surface area contributed by atoms with Crippen molar-refractivity contribution in [3.05, 3.63) is 193 Å². The molecule has 4 heterocycles. The average molecular weight is 748 g/mol. The van der Waals surface area contributed by atoms with E-state index in [1.807, 2.05) is 18.2 Å². The number of anilines is 6. The van der Waals surface area contributed by atoms with E-state index in [9.17, 15) is 0 Å². The second-order valence-electron chi connectivity index (χ2n) is 15.3. The lowest BCUT2D eigenvalue weighted by Gasteiger charge is -2.44. The van der Waals surface area contributed by atoms with Gasteiger partial charge in [0.25, 0.3) is 6.71 Å². The topological polar surface area (TPSA) is 46.4 Å². The van der Waals surface area contributed by atoms with E-state index in [1.165, 1.54) is 33.3 Å². The fourth-order valence-electron chi connectivity index (χ4n) is 9.33. The van der Waals surface area contributed by atoms with Crippen molar-refractivity contribution in [2.45, 2.75) is 20.8 Å². The molecular formula is C51H38BN5O. The van der Waals surface area contributed by atoms with Crippen LogP contribution in [0.2, 0.25) is 0 Å². The number of hydrogen-bond donors (Lipinski definition) is 0. The first-order chi connectivity index (χ1) is 28.5. The smallest absolute Gasteiger partial charge is 0.252 e. The van der Waals surface area contributed by atoms with E-state index < -0.39 is 0 Å². The Hall–Kier alpha value is -7.38. The zero-order valence-corrected chi connectivity index (χ0v) is 32.5. The molecular weight excluding hydrogens is 709 g/mol. The first-order valence-corrected chi connectivity index (χ1v) is 19.8. The molecule has 0 saturated carbocycles. The molecule has 0 radical (unpaired) electrons. The molecule has 6 nitrogen and oxygen atoms in total. The quantitative estimate of drug-likeness (QED) is 0.159. The van der Waals surface area contributed by atoms with Crippen molar-refractivity contribution in [2.75, 3.05) is 9.80 Å². The number of ether oxygens (including phenoxy) is 1. The van der Waals surface area contributed by atoms with Crippen molar-refractivity contribution in [1.29, 1.82) is 0 Å². The van der Waals surface area contributed by atoms with Crippen LogP contribution in [0.4, 0.5) is 34.1 Å². The SMILES string of the molecule is Cc1cc(C)c(-n2c(-c3ccc4c(c3)B3c5cc(Oc6ccccn6)ccc5N(c5ccccc5)c5cccc(c53)N4c3ccccc3)nc3ccccc32)c(C)c1. The summed E-state index contributed by atoms with van der Waals surface area (Å²) in [5, 5.41) is 0. The maximum Gasteiger partial charge on any atom is 0.252 e. The number of rotatable bonds is 6. The number of aryl methyl sites for hydroxylation is 3. The molecule has 2 aliphatic rings. The van der Waals surface area contributed by atoms with Crippen molar-refractivity contribution >= 4 is 68.3 Å². The van der Waals surface area contributed by atoms with Gasteiger partial charge < -0.3 is 14.5 Å². The molecule has 0 bridgehead atoms. The van der Waals surface area contributed by atoms with E-state index in [0.717, 1.165) is 67.8 Å². The number of pyridine rings is 1. The fraction of sp³-hybridized carbons (Fsp3) is 0.0588. The molecule has 0 unspecified atom stereocenters. The molecule has 7 heteroatoms. The Kier molecular flexibility index (Phi) is 7.83. The van der Waals surface area contributed by atoms with Crippen molar-refractivity contribution in [3.8, 4) is 28.7 Å². The predicted octanol–water partition coefficient (Wildman–Crippen LogP) is 10.9. The van der Waals surface area contributed by atoms with E-state index in [2.05, 4.69) is 192 Å². The maximum absolute atomic E-state index is 6.46. The Labute approximate surface area is 338 Å². The van der Waals surface area contributed by atoms with Crippen LogP contribution in [0.15, 0.2) is 176 Å². The first-order valence-electron chi connectivity index (χ1n) is 19.8. The molecule has 2 aromatic heterocycles. The highest BCUT2D eigenvalue weighted by atomic mass is 16.5. The second-order valence-corrected chi connectivity index (χ2v) is 15.3. The van der Waals surface area contributed by atoms with E-state index in [0.29, 0.717) is 5.88 Å². The van der Waals surface area contributed by atoms with Crippen molar-refractivity contribution in [2.24, 2.45) is 0 Å². The molecule has 0 amide bonds. The zero-order valence-electron chi connectivity index (χ0n) is 32.5. The molecule has 276 valence electrons. The number of fused-ring (bicyclic) bond motifs is 5. The van der Waals surface area contributed by atoms with Crippen LogP contribution in [-0.4, -0.2) is 21.2 Å². The van der Waals surface area contributed by atoms with E-state index in [1.54, 1.807) is 6.20 Å². The number of para-hydroxylation sites is 4. The van der Waals surface area contributed by atoms with E-state index in [4.69, 9.17) is 9.72 Å². The molecule has 9 aromatic rings. The van der Waals surface area contributed by atoms with Gasteiger partial charge in [-0.25, -0.2) is 9.97 Å². The molecule has 2 aliphatic heterocycles. The van der Waals surface area contributed by atoms with Gasteiger partial charge in [0.2, 0.25) is 5.88 Å². The minimum absolute atomic E-state index is 0.121. The summed E-state index contributed by atoms with van der Waals surface area (Å²) in [6.45, 7) is 6.46. The summed E-state index contributed by atoms with van der Waals surface area (Å²) < 4.78 is 8.83. The van der Waals surface area contributed by atoms with Gasteiger partial charge in [-0.05, 0) is 133 Å². The summed E-state index contributed by atoms with van der Waals surface area (Å²) in [5.74, 6) is 2.21. The highest BCUT2D eigenvalue weighted by Gasteiger charge is 2.43. The summed E-state index contributed by atoms with van der Waals surface area (Å²) in [6, 6.07) is 60.3. The second kappa shape index (κ2) is 13.4. The lowest BCUT2D eigenvalue weighted by molar-refractivity contribution is 0.463. The fourth-order valence-corrected chi connectivity index (χ4v) is 9.33. The average Bonchev–Trinajstić information content (AvgIpc) is 3.63. The van der Waals surface area contributed by atoms with Gasteiger partial charge in [-0.15, -0.1) is 0 Å². The number of nitrogens with zero attached hydrogens (tertiary/aromatic N) is 5. The third-order valence-corrected chi connectivity index (χ3v) is 11.5. The Bertz CT molecular complexity index is 3000. The van der Waals surface area contributed by atoms with E-state index in [-0.39, 0.29) is 6.71 Å². The van der Waals surface area contributed by atoms with Crippen LogP contribution in [0.1, 0.15) is 16.7 Å². The van der Waals surface area contributed by atoms with Gasteiger partial charge >= 0.3 is 0 Å². The van der Waals surface area contributed by atoms with Gasteiger partial charge in [-0.2, -0.15) is 0 Å². The number of aromatic nitrogens is 3. The van der Waals surface area contributed by atoms with Crippen molar-refractivity contribution < 1.29 is 4.74 Å². The molecule has 0 spiro atoms. The van der Waals surface area contributed by atoms with Crippen LogP contribution in [-0.2, 0) is 0 Å². The van der Waals surface area contributed by atoms with Crippen LogP contribution >= 0.6 is 0 Å². The molecule has 0 fully saturated rings. The van der Waals surface area contributed by atoms with Gasteiger partial charge in [0.15, 0.2) is 0 Å². The zero-order chi connectivity index (χ0) is 38.9. The summed E-state index contributed by atoms with van der Waals surface area (Å²) in [6.07, 6.45) is 1.76. The Morgan fingerprint density at radius 1 is 0.534 bits per heavy atom.